The van der Waals surface area contributed by atoms with Gasteiger partial charge in [-0.05, 0) is 0 Å². The molecule has 1 aromatic rings. The molecule has 1 heterocycles. The fourth-order valence-corrected chi connectivity index (χ4v) is 0.572. The number of carbonyl (C=O) groups excluding carboxylic acids is 1. The van der Waals surface area contributed by atoms with Gasteiger partial charge in [0, 0.05) is 0 Å². The van der Waals surface area contributed by atoms with Gasteiger partial charge in [-0.1, -0.05) is 4.48 Å². The van der Waals surface area contributed by atoms with Gasteiger partial charge in [-0.2, -0.15) is 9.98 Å². The molecule has 7 heteroatoms. The van der Waals surface area contributed by atoms with Gasteiger partial charge in [0.15, 0.2) is 5.82 Å². The minimum atomic E-state index is -1.16. The largest absolute Gasteiger partial charge is 0.381 e. The molecule has 0 spiro atoms. The molecule has 0 aliphatic heterocycles. The van der Waals surface area contributed by atoms with Crippen molar-refractivity contribution in [3.05, 3.63) is 16.7 Å². The Morgan fingerprint density at radius 1 is 1.75 bits per heavy atom. The number of rotatable bonds is 1. The first-order valence-corrected chi connectivity index (χ1v) is 2.78. The van der Waals surface area contributed by atoms with Crippen molar-refractivity contribution >= 4 is 17.6 Å². The van der Waals surface area contributed by atoms with Crippen molar-refractivity contribution in [2.45, 2.75) is 0 Å². The summed E-state index contributed by atoms with van der Waals surface area (Å²) in [6.07, 6.45) is 2.03. The van der Waals surface area contributed by atoms with E-state index in [1.54, 1.807) is 0 Å². The van der Waals surface area contributed by atoms with Crippen LogP contribution in [0.5, 0.6) is 0 Å². The van der Waals surface area contributed by atoms with Crippen LogP contribution < -0.4 is 11.4 Å². The lowest BCUT2D eigenvalue weighted by Gasteiger charge is -1.97. The van der Waals surface area contributed by atoms with Gasteiger partial charge >= 0.3 is 5.69 Å². The van der Waals surface area contributed by atoms with Crippen molar-refractivity contribution in [1.82, 2.24) is 9.77 Å². The normalized spacial score (nSPS) is 9.08. The van der Waals surface area contributed by atoms with Crippen molar-refractivity contribution < 1.29 is 9.28 Å². The SMILES string of the molecule is Nc1c(N=C=O)cnc(=O)n1F. The van der Waals surface area contributed by atoms with Crippen molar-refractivity contribution in [1.29, 1.82) is 0 Å². The monoisotopic (exact) mass is 170 g/mol. The Bertz CT molecular complexity index is 406. The zero-order chi connectivity index (χ0) is 9.14. The van der Waals surface area contributed by atoms with Crippen LogP contribution in [-0.2, 0) is 4.79 Å². The minimum absolute atomic E-state index is 0.230. The Labute approximate surface area is 65.1 Å². The highest BCUT2D eigenvalue weighted by atomic mass is 19.2. The van der Waals surface area contributed by atoms with Gasteiger partial charge in [0.1, 0.15) is 5.69 Å². The lowest BCUT2D eigenvalue weighted by Crippen LogP contribution is -2.19. The highest BCUT2D eigenvalue weighted by molar-refractivity contribution is 5.60. The summed E-state index contributed by atoms with van der Waals surface area (Å²) in [5.41, 5.74) is 3.66. The molecule has 0 aromatic carbocycles. The average Bonchev–Trinajstić information content (AvgIpc) is 2.07. The topological polar surface area (TPSA) is 90.3 Å². The molecule has 0 aliphatic rings. The Hall–Kier alpha value is -2.01. The summed E-state index contributed by atoms with van der Waals surface area (Å²) < 4.78 is 12.5. The highest BCUT2D eigenvalue weighted by Gasteiger charge is 2.05. The number of aromatic nitrogens is 2. The summed E-state index contributed by atoms with van der Waals surface area (Å²) in [6, 6.07) is 0. The van der Waals surface area contributed by atoms with Crippen LogP contribution in [0.4, 0.5) is 16.0 Å². The van der Waals surface area contributed by atoms with E-state index >= 15 is 0 Å². The lowest BCUT2D eigenvalue weighted by atomic mass is 10.5. The second-order valence-corrected chi connectivity index (χ2v) is 1.80. The summed E-state index contributed by atoms with van der Waals surface area (Å²) in [7, 11) is 0. The first-order valence-electron chi connectivity index (χ1n) is 2.78. The number of halogens is 1. The molecule has 0 atom stereocenters. The number of nitrogens with zero attached hydrogens (tertiary/aromatic N) is 3. The van der Waals surface area contributed by atoms with Gasteiger partial charge in [0.2, 0.25) is 6.08 Å². The molecule has 0 unspecified atom stereocenters. The maximum atomic E-state index is 12.5. The van der Waals surface area contributed by atoms with Crippen LogP contribution >= 0.6 is 0 Å². The highest BCUT2D eigenvalue weighted by Crippen LogP contribution is 2.16. The van der Waals surface area contributed by atoms with E-state index < -0.39 is 16.3 Å². The van der Waals surface area contributed by atoms with E-state index in [1.165, 1.54) is 0 Å². The Morgan fingerprint density at radius 2 is 2.42 bits per heavy atom. The maximum Gasteiger partial charge on any atom is 0.377 e. The molecule has 0 radical (unpaired) electrons. The molecular formula is C5H3FN4O2. The lowest BCUT2D eigenvalue weighted by molar-refractivity contribution is 0.353. The van der Waals surface area contributed by atoms with Crippen LogP contribution in [0.1, 0.15) is 0 Å². The standard InChI is InChI=1S/C5H3FN4O2/c6-10-4(7)3(9-2-11)1-8-5(10)12/h1H,7H2. The number of aliphatic imine (C=N–C) groups is 1. The third-order valence-electron chi connectivity index (χ3n) is 1.11. The van der Waals surface area contributed by atoms with Crippen LogP contribution in [0.25, 0.3) is 0 Å². The molecule has 12 heavy (non-hydrogen) atoms. The second-order valence-electron chi connectivity index (χ2n) is 1.80. The molecule has 62 valence electrons. The summed E-state index contributed by atoms with van der Waals surface area (Å²) in [5.74, 6) is -0.571. The number of hydrogen-bond donors (Lipinski definition) is 1. The number of hydrogen-bond acceptors (Lipinski definition) is 5. The molecule has 0 fully saturated rings. The number of nitrogens with two attached hydrogens (primary N) is 1. The van der Waals surface area contributed by atoms with Gasteiger partial charge in [-0.3, -0.25) is 0 Å². The fraction of sp³-hybridized carbons (Fsp3) is 0. The van der Waals surface area contributed by atoms with Crippen LogP contribution in [-0.4, -0.2) is 15.9 Å². The van der Waals surface area contributed by atoms with Gasteiger partial charge in [-0.25, -0.2) is 9.59 Å². The number of anilines is 1. The maximum absolute atomic E-state index is 12.5. The van der Waals surface area contributed by atoms with E-state index in [0.717, 1.165) is 12.3 Å². The summed E-state index contributed by atoms with van der Waals surface area (Å²) in [6.45, 7) is 0. The molecular weight excluding hydrogens is 167 g/mol. The Kier molecular flexibility index (Phi) is 1.98. The van der Waals surface area contributed by atoms with Crippen molar-refractivity contribution in [3.8, 4) is 0 Å². The van der Waals surface area contributed by atoms with Crippen molar-refractivity contribution in [2.75, 3.05) is 5.73 Å². The van der Waals surface area contributed by atoms with Gasteiger partial charge in [-0.15, -0.1) is 4.79 Å². The summed E-state index contributed by atoms with van der Waals surface area (Å²) in [4.78, 5) is 25.8. The predicted molar refractivity (Wildman–Crippen MR) is 37.2 cm³/mol. The van der Waals surface area contributed by atoms with Crippen LogP contribution in [0, 0.1) is 0 Å². The fourth-order valence-electron chi connectivity index (χ4n) is 0.572. The minimum Gasteiger partial charge on any atom is -0.381 e. The second kappa shape index (κ2) is 2.93. The van der Waals surface area contributed by atoms with Crippen molar-refractivity contribution in [2.24, 2.45) is 4.99 Å². The van der Waals surface area contributed by atoms with Gasteiger partial charge in [0.05, 0.1) is 6.20 Å². The smallest absolute Gasteiger partial charge is 0.377 e. The molecule has 0 amide bonds. The van der Waals surface area contributed by atoms with Gasteiger partial charge in [0.25, 0.3) is 0 Å². The predicted octanol–water partition coefficient (Wildman–Crippen LogP) is -0.475. The molecule has 0 aliphatic carbocycles. The van der Waals surface area contributed by atoms with Crippen LogP contribution in [0.3, 0.4) is 0 Å². The van der Waals surface area contributed by atoms with Crippen LogP contribution in [0.2, 0.25) is 0 Å². The quantitative estimate of drug-likeness (QED) is 0.455. The molecule has 0 saturated heterocycles. The van der Waals surface area contributed by atoms with Crippen LogP contribution in [0.15, 0.2) is 16.0 Å². The Balaban J connectivity index is 3.46. The first kappa shape index (κ1) is 8.09. The number of nitrogen functional groups attached to an aromatic ring is 1. The Morgan fingerprint density at radius 3 is 3.00 bits per heavy atom. The van der Waals surface area contributed by atoms with E-state index in [0.29, 0.717) is 0 Å². The van der Waals surface area contributed by atoms with E-state index in [2.05, 4.69) is 9.98 Å². The first-order chi connectivity index (χ1) is 5.66. The zero-order valence-electron chi connectivity index (χ0n) is 5.69. The summed E-state index contributed by atoms with van der Waals surface area (Å²) in [5, 5.41) is 0. The molecule has 0 bridgehead atoms. The van der Waals surface area contributed by atoms with Crippen molar-refractivity contribution in [3.63, 3.8) is 0 Å². The zero-order valence-corrected chi connectivity index (χ0v) is 5.69. The third-order valence-corrected chi connectivity index (χ3v) is 1.11. The number of isocyanates is 1. The van der Waals surface area contributed by atoms with Gasteiger partial charge < -0.3 is 5.73 Å². The molecule has 1 rings (SSSR count). The average molecular weight is 170 g/mol. The van der Waals surface area contributed by atoms with E-state index in [-0.39, 0.29) is 5.69 Å². The van der Waals surface area contributed by atoms with E-state index in [4.69, 9.17) is 5.73 Å². The summed E-state index contributed by atoms with van der Waals surface area (Å²) >= 11 is 0. The third kappa shape index (κ3) is 1.21. The van der Waals surface area contributed by atoms with E-state index in [1.807, 2.05) is 0 Å². The molecule has 6 nitrogen and oxygen atoms in total. The molecule has 2 N–H and O–H groups in total. The van der Waals surface area contributed by atoms with E-state index in [9.17, 15) is 14.1 Å². The molecule has 1 aromatic heterocycles. The molecule has 0 saturated carbocycles.